The Morgan fingerprint density at radius 3 is 2.10 bits per heavy atom. The lowest BCUT2D eigenvalue weighted by atomic mass is 10.1. The summed E-state index contributed by atoms with van der Waals surface area (Å²) in [7, 11) is 0. The van der Waals surface area contributed by atoms with Crippen molar-refractivity contribution in [3.05, 3.63) is 12.7 Å². The summed E-state index contributed by atoms with van der Waals surface area (Å²) >= 11 is 0. The summed E-state index contributed by atoms with van der Waals surface area (Å²) in [4.78, 5) is 11.3. The molecule has 0 radical (unpaired) electrons. The molecule has 3 nitrogen and oxygen atoms in total. The van der Waals surface area contributed by atoms with Crippen LogP contribution in [0.1, 0.15) is 72.1 Å². The van der Waals surface area contributed by atoms with E-state index in [1.165, 1.54) is 32.1 Å². The van der Waals surface area contributed by atoms with Crippen molar-refractivity contribution in [2.24, 2.45) is 5.92 Å². The number of unbranched alkanes of at least 4 members (excludes halogenated alkanes) is 7. The maximum absolute atomic E-state index is 11.3. The first-order chi connectivity index (χ1) is 9.57. The molecule has 3 heteroatoms. The highest BCUT2D eigenvalue weighted by Gasteiger charge is 2.13. The Bertz CT molecular complexity index is 249. The van der Waals surface area contributed by atoms with Gasteiger partial charge in [0.2, 0.25) is 0 Å². The van der Waals surface area contributed by atoms with Gasteiger partial charge in [-0.1, -0.05) is 52.0 Å². The smallest absolute Gasteiger partial charge is 0.434 e. The largest absolute Gasteiger partial charge is 0.508 e. The van der Waals surface area contributed by atoms with Gasteiger partial charge in [-0.15, -0.1) is 6.58 Å². The van der Waals surface area contributed by atoms with Crippen molar-refractivity contribution in [3.8, 4) is 0 Å². The summed E-state index contributed by atoms with van der Waals surface area (Å²) in [5.41, 5.74) is 0. The zero-order valence-corrected chi connectivity index (χ0v) is 13.5. The van der Waals surface area contributed by atoms with Gasteiger partial charge in [0.05, 0.1) is 6.61 Å². The van der Waals surface area contributed by atoms with Crippen LogP contribution in [0, 0.1) is 5.92 Å². The summed E-state index contributed by atoms with van der Waals surface area (Å²) in [5, 5.41) is 0. The molecule has 0 saturated carbocycles. The van der Waals surface area contributed by atoms with E-state index in [4.69, 9.17) is 9.47 Å². The van der Waals surface area contributed by atoms with E-state index < -0.39 is 6.16 Å². The second kappa shape index (κ2) is 13.0. The van der Waals surface area contributed by atoms with Crippen LogP contribution in [0.25, 0.3) is 0 Å². The van der Waals surface area contributed by atoms with Gasteiger partial charge in [-0.25, -0.2) is 4.79 Å². The van der Waals surface area contributed by atoms with Crippen molar-refractivity contribution in [2.75, 3.05) is 6.61 Å². The molecule has 1 atom stereocenters. The third kappa shape index (κ3) is 12.1. The molecule has 0 aliphatic carbocycles. The minimum absolute atomic E-state index is 0.0851. The highest BCUT2D eigenvalue weighted by molar-refractivity contribution is 5.60. The van der Waals surface area contributed by atoms with Crippen LogP contribution in [0.4, 0.5) is 4.79 Å². The Labute approximate surface area is 124 Å². The SMILES string of the molecule is C=CCCCCCCCCCOC(=O)OC(C)C(C)C. The molecule has 0 aliphatic rings. The second-order valence-corrected chi connectivity index (χ2v) is 5.72. The zero-order chi connectivity index (χ0) is 15.2. The Morgan fingerprint density at radius 1 is 1.00 bits per heavy atom. The molecule has 0 bridgehead atoms. The fourth-order valence-corrected chi connectivity index (χ4v) is 1.75. The number of hydrogen-bond acceptors (Lipinski definition) is 3. The molecule has 0 aromatic rings. The standard InChI is InChI=1S/C17H32O3/c1-5-6-7-8-9-10-11-12-13-14-19-17(18)20-16(4)15(2)3/h5,15-16H,1,6-14H2,2-4H3. The maximum Gasteiger partial charge on any atom is 0.508 e. The molecule has 1 unspecified atom stereocenters. The van der Waals surface area contributed by atoms with E-state index in [0.29, 0.717) is 12.5 Å². The minimum atomic E-state index is -0.532. The van der Waals surface area contributed by atoms with Crippen LogP contribution >= 0.6 is 0 Å². The quantitative estimate of drug-likeness (QED) is 0.270. The van der Waals surface area contributed by atoms with Crippen LogP contribution in [0.15, 0.2) is 12.7 Å². The molecule has 118 valence electrons. The van der Waals surface area contributed by atoms with Gasteiger partial charge in [0.25, 0.3) is 0 Å². The molecule has 0 rings (SSSR count). The van der Waals surface area contributed by atoms with Crippen molar-refractivity contribution in [1.29, 1.82) is 0 Å². The van der Waals surface area contributed by atoms with Crippen LogP contribution in [0.5, 0.6) is 0 Å². The molecule has 20 heavy (non-hydrogen) atoms. The molecule has 0 heterocycles. The first-order valence-corrected chi connectivity index (χ1v) is 8.02. The lowest BCUT2D eigenvalue weighted by Crippen LogP contribution is -2.21. The van der Waals surface area contributed by atoms with Crippen LogP contribution in [-0.2, 0) is 9.47 Å². The molecule has 0 spiro atoms. The van der Waals surface area contributed by atoms with Gasteiger partial charge in [-0.2, -0.15) is 0 Å². The summed E-state index contributed by atoms with van der Waals surface area (Å²) in [5.74, 6) is 0.323. The van der Waals surface area contributed by atoms with E-state index in [9.17, 15) is 4.79 Å². The number of allylic oxidation sites excluding steroid dienone is 1. The van der Waals surface area contributed by atoms with Crippen molar-refractivity contribution >= 4 is 6.16 Å². The average Bonchev–Trinajstić information content (AvgIpc) is 2.40. The molecule has 0 saturated heterocycles. The number of rotatable bonds is 12. The molecule has 0 aliphatic heterocycles. The normalized spacial score (nSPS) is 12.2. The summed E-state index contributed by atoms with van der Waals surface area (Å²) in [6.45, 7) is 10.1. The summed E-state index contributed by atoms with van der Waals surface area (Å²) in [6.07, 6.45) is 10.9. The predicted octanol–water partition coefficient (Wildman–Crippen LogP) is 5.49. The van der Waals surface area contributed by atoms with Crippen molar-refractivity contribution < 1.29 is 14.3 Å². The van der Waals surface area contributed by atoms with E-state index in [2.05, 4.69) is 6.58 Å². The van der Waals surface area contributed by atoms with E-state index in [0.717, 1.165) is 19.3 Å². The molecule has 0 aromatic carbocycles. The van der Waals surface area contributed by atoms with Gasteiger partial charge in [0.1, 0.15) is 6.10 Å². The number of carbonyl (C=O) groups is 1. The van der Waals surface area contributed by atoms with Gasteiger partial charge in [-0.05, 0) is 32.1 Å². The minimum Gasteiger partial charge on any atom is -0.434 e. The first kappa shape index (κ1) is 19.0. The molecule has 0 fully saturated rings. The van der Waals surface area contributed by atoms with Gasteiger partial charge >= 0.3 is 6.16 Å². The van der Waals surface area contributed by atoms with Gasteiger partial charge in [0.15, 0.2) is 0 Å². The van der Waals surface area contributed by atoms with Crippen LogP contribution in [-0.4, -0.2) is 18.9 Å². The highest BCUT2D eigenvalue weighted by Crippen LogP contribution is 2.10. The third-order valence-corrected chi connectivity index (χ3v) is 3.49. The molecule has 0 N–H and O–H groups in total. The zero-order valence-electron chi connectivity index (χ0n) is 13.5. The van der Waals surface area contributed by atoms with Crippen molar-refractivity contribution in [3.63, 3.8) is 0 Å². The van der Waals surface area contributed by atoms with Crippen molar-refractivity contribution in [2.45, 2.75) is 78.2 Å². The maximum atomic E-state index is 11.3. The Hall–Kier alpha value is -0.990. The average molecular weight is 284 g/mol. The predicted molar refractivity (Wildman–Crippen MR) is 83.9 cm³/mol. The van der Waals surface area contributed by atoms with E-state index in [-0.39, 0.29) is 6.10 Å². The molecule has 0 aromatic heterocycles. The highest BCUT2D eigenvalue weighted by atomic mass is 16.7. The van der Waals surface area contributed by atoms with Gasteiger partial charge in [-0.3, -0.25) is 0 Å². The van der Waals surface area contributed by atoms with Gasteiger partial charge < -0.3 is 9.47 Å². The molecular formula is C17H32O3. The van der Waals surface area contributed by atoms with Crippen molar-refractivity contribution in [1.82, 2.24) is 0 Å². The monoisotopic (exact) mass is 284 g/mol. The Balaban J connectivity index is 3.27. The second-order valence-electron chi connectivity index (χ2n) is 5.72. The van der Waals surface area contributed by atoms with E-state index in [1.807, 2.05) is 26.8 Å². The number of ether oxygens (including phenoxy) is 2. The van der Waals surface area contributed by atoms with Gasteiger partial charge in [0, 0.05) is 0 Å². The van der Waals surface area contributed by atoms with E-state index in [1.54, 1.807) is 0 Å². The molecular weight excluding hydrogens is 252 g/mol. The lowest BCUT2D eigenvalue weighted by Gasteiger charge is -2.16. The lowest BCUT2D eigenvalue weighted by molar-refractivity contribution is 0.0140. The van der Waals surface area contributed by atoms with E-state index >= 15 is 0 Å². The summed E-state index contributed by atoms with van der Waals surface area (Å²) < 4.78 is 10.2. The number of hydrogen-bond donors (Lipinski definition) is 0. The third-order valence-electron chi connectivity index (χ3n) is 3.49. The Kier molecular flexibility index (Phi) is 12.4. The molecule has 0 amide bonds. The fourth-order valence-electron chi connectivity index (χ4n) is 1.75. The number of carbonyl (C=O) groups excluding carboxylic acids is 1. The first-order valence-electron chi connectivity index (χ1n) is 8.02. The Morgan fingerprint density at radius 2 is 1.55 bits per heavy atom. The summed E-state index contributed by atoms with van der Waals surface area (Å²) in [6, 6.07) is 0. The fraction of sp³-hybridized carbons (Fsp3) is 0.824. The topological polar surface area (TPSA) is 35.5 Å². The van der Waals surface area contributed by atoms with Crippen LogP contribution < -0.4 is 0 Å². The van der Waals surface area contributed by atoms with Crippen LogP contribution in [0.3, 0.4) is 0 Å². The van der Waals surface area contributed by atoms with Crippen LogP contribution in [0.2, 0.25) is 0 Å².